The van der Waals surface area contributed by atoms with Crippen LogP contribution in [0.1, 0.15) is 194 Å². The zero-order chi connectivity index (χ0) is 30.9. The third kappa shape index (κ3) is 27.3. The summed E-state index contributed by atoms with van der Waals surface area (Å²) in [6.07, 6.45) is 43.1. The molecule has 0 heterocycles. The van der Waals surface area contributed by atoms with Gasteiger partial charge in [-0.1, -0.05) is 141 Å². The number of allylic oxidation sites excluding steroid dienone is 4. The Labute approximate surface area is 263 Å². The van der Waals surface area contributed by atoms with Crippen LogP contribution in [0.3, 0.4) is 0 Å². The first-order valence-corrected chi connectivity index (χ1v) is 18.4. The molecule has 42 heavy (non-hydrogen) atoms. The van der Waals surface area contributed by atoms with E-state index in [0.717, 1.165) is 25.7 Å². The molecule has 0 atom stereocenters. The minimum absolute atomic E-state index is 0.0491. The van der Waals surface area contributed by atoms with Crippen LogP contribution in [0, 0.1) is 0 Å². The predicted molar refractivity (Wildman–Crippen MR) is 184 cm³/mol. The largest absolute Gasteiger partial charge is 0.273 e. The van der Waals surface area contributed by atoms with Gasteiger partial charge in [0.2, 0.25) is 11.8 Å². The summed E-state index contributed by atoms with van der Waals surface area (Å²) in [6.45, 7) is 4.54. The SMILES string of the molecule is CCCCCCCC/C=C\CCCCCCCC(=O)N(C)N(C)C(=O)CCCCCCC/C=C\CCCCCCCC. The maximum absolute atomic E-state index is 12.6. The van der Waals surface area contributed by atoms with E-state index >= 15 is 0 Å². The zero-order valence-electron chi connectivity index (χ0n) is 28.8. The van der Waals surface area contributed by atoms with Crippen LogP contribution in [0.25, 0.3) is 0 Å². The van der Waals surface area contributed by atoms with Crippen molar-refractivity contribution in [1.29, 1.82) is 0 Å². The molecule has 246 valence electrons. The molecule has 0 spiro atoms. The van der Waals surface area contributed by atoms with Crippen molar-refractivity contribution in [1.82, 2.24) is 10.0 Å². The summed E-state index contributed by atoms with van der Waals surface area (Å²) in [5.74, 6) is 0.0982. The van der Waals surface area contributed by atoms with E-state index in [1.807, 2.05) is 0 Å². The highest BCUT2D eigenvalue weighted by molar-refractivity contribution is 5.81. The molecular formula is C38H72N2O2. The van der Waals surface area contributed by atoms with Crippen molar-refractivity contribution in [3.8, 4) is 0 Å². The number of rotatable bonds is 30. The lowest BCUT2D eigenvalue weighted by molar-refractivity contribution is -0.158. The molecule has 0 aliphatic rings. The van der Waals surface area contributed by atoms with Crippen LogP contribution in [-0.4, -0.2) is 35.9 Å². The molecular weight excluding hydrogens is 516 g/mol. The average Bonchev–Trinajstić information content (AvgIpc) is 3.00. The predicted octanol–water partition coefficient (Wildman–Crippen LogP) is 11.9. The number of carbonyl (C=O) groups is 2. The molecule has 0 N–H and O–H groups in total. The van der Waals surface area contributed by atoms with E-state index in [2.05, 4.69) is 38.2 Å². The molecule has 0 fully saturated rings. The van der Waals surface area contributed by atoms with Crippen molar-refractivity contribution in [2.75, 3.05) is 14.1 Å². The molecule has 0 aliphatic heterocycles. The van der Waals surface area contributed by atoms with Crippen LogP contribution in [0.4, 0.5) is 0 Å². The van der Waals surface area contributed by atoms with Gasteiger partial charge in [-0.15, -0.1) is 0 Å². The fraction of sp³-hybridized carbons (Fsp3) is 0.842. The Hall–Kier alpha value is -1.58. The van der Waals surface area contributed by atoms with E-state index in [4.69, 9.17) is 0 Å². The number of hydrogen-bond donors (Lipinski definition) is 0. The molecule has 0 aromatic heterocycles. The minimum atomic E-state index is 0.0491. The van der Waals surface area contributed by atoms with Gasteiger partial charge in [0.15, 0.2) is 0 Å². The van der Waals surface area contributed by atoms with Gasteiger partial charge in [-0.05, 0) is 64.2 Å². The Kier molecular flexibility index (Phi) is 31.1. The maximum Gasteiger partial charge on any atom is 0.240 e. The molecule has 0 radical (unpaired) electrons. The number of hydrazine groups is 1. The van der Waals surface area contributed by atoms with Gasteiger partial charge in [-0.2, -0.15) is 0 Å². The number of amides is 2. The van der Waals surface area contributed by atoms with Gasteiger partial charge in [0, 0.05) is 26.9 Å². The van der Waals surface area contributed by atoms with Gasteiger partial charge in [0.1, 0.15) is 0 Å². The molecule has 0 bridgehead atoms. The van der Waals surface area contributed by atoms with E-state index in [-0.39, 0.29) is 11.8 Å². The number of unbranched alkanes of at least 4 members (excludes halogenated alkanes) is 22. The van der Waals surface area contributed by atoms with Crippen molar-refractivity contribution in [3.05, 3.63) is 24.3 Å². The lowest BCUT2D eigenvalue weighted by Gasteiger charge is -2.28. The minimum Gasteiger partial charge on any atom is -0.273 e. The number of hydrogen-bond acceptors (Lipinski definition) is 2. The highest BCUT2D eigenvalue weighted by Crippen LogP contribution is 2.13. The molecule has 4 nitrogen and oxygen atoms in total. The Bertz CT molecular complexity index is 601. The summed E-state index contributed by atoms with van der Waals surface area (Å²) >= 11 is 0. The van der Waals surface area contributed by atoms with Crippen molar-refractivity contribution in [3.63, 3.8) is 0 Å². The third-order valence-corrected chi connectivity index (χ3v) is 8.48. The summed E-state index contributed by atoms with van der Waals surface area (Å²) in [4.78, 5) is 25.1. The number of nitrogens with zero attached hydrogens (tertiary/aromatic N) is 2. The maximum atomic E-state index is 12.6. The summed E-state index contributed by atoms with van der Waals surface area (Å²) < 4.78 is 0. The quantitative estimate of drug-likeness (QED) is 0.0475. The first-order valence-electron chi connectivity index (χ1n) is 18.4. The molecule has 2 amide bonds. The summed E-state index contributed by atoms with van der Waals surface area (Å²) in [5.41, 5.74) is 0. The summed E-state index contributed by atoms with van der Waals surface area (Å²) in [6, 6.07) is 0. The normalized spacial score (nSPS) is 11.6. The monoisotopic (exact) mass is 589 g/mol. The molecule has 0 aliphatic carbocycles. The average molecular weight is 589 g/mol. The second-order valence-corrected chi connectivity index (χ2v) is 12.5. The van der Waals surface area contributed by atoms with Crippen LogP contribution in [0.15, 0.2) is 24.3 Å². The zero-order valence-corrected chi connectivity index (χ0v) is 28.8. The Morgan fingerprint density at radius 3 is 0.905 bits per heavy atom. The topological polar surface area (TPSA) is 40.6 Å². The van der Waals surface area contributed by atoms with Crippen molar-refractivity contribution >= 4 is 11.8 Å². The lowest BCUT2D eigenvalue weighted by atomic mass is 10.1. The lowest BCUT2D eigenvalue weighted by Crippen LogP contribution is -2.44. The van der Waals surface area contributed by atoms with Crippen LogP contribution in [0.5, 0.6) is 0 Å². The molecule has 0 unspecified atom stereocenters. The van der Waals surface area contributed by atoms with Crippen molar-refractivity contribution in [2.45, 2.75) is 194 Å². The van der Waals surface area contributed by atoms with Gasteiger partial charge in [-0.3, -0.25) is 19.6 Å². The van der Waals surface area contributed by atoms with Crippen molar-refractivity contribution < 1.29 is 9.59 Å². The number of carbonyl (C=O) groups excluding carboxylic acids is 2. The second kappa shape index (κ2) is 32.3. The van der Waals surface area contributed by atoms with Gasteiger partial charge < -0.3 is 0 Å². The van der Waals surface area contributed by atoms with Gasteiger partial charge in [-0.25, -0.2) is 0 Å². The highest BCUT2D eigenvalue weighted by atomic mass is 16.2. The van der Waals surface area contributed by atoms with Crippen LogP contribution in [-0.2, 0) is 9.59 Å². The van der Waals surface area contributed by atoms with Crippen LogP contribution in [0.2, 0.25) is 0 Å². The smallest absolute Gasteiger partial charge is 0.240 e. The molecule has 0 saturated heterocycles. The fourth-order valence-corrected chi connectivity index (χ4v) is 5.35. The van der Waals surface area contributed by atoms with Gasteiger partial charge in [0.05, 0.1) is 0 Å². The highest BCUT2D eigenvalue weighted by Gasteiger charge is 2.18. The molecule has 0 rings (SSSR count). The van der Waals surface area contributed by atoms with Gasteiger partial charge in [0.25, 0.3) is 0 Å². The van der Waals surface area contributed by atoms with E-state index in [9.17, 15) is 9.59 Å². The van der Waals surface area contributed by atoms with Crippen molar-refractivity contribution in [2.24, 2.45) is 0 Å². The summed E-state index contributed by atoms with van der Waals surface area (Å²) in [5, 5.41) is 3.04. The Morgan fingerprint density at radius 1 is 0.381 bits per heavy atom. The molecule has 0 aromatic carbocycles. The molecule has 0 saturated carbocycles. The fourth-order valence-electron chi connectivity index (χ4n) is 5.35. The molecule has 4 heteroatoms. The first kappa shape index (κ1) is 40.4. The van der Waals surface area contributed by atoms with E-state index in [1.165, 1.54) is 151 Å². The van der Waals surface area contributed by atoms with Crippen LogP contribution >= 0.6 is 0 Å². The van der Waals surface area contributed by atoms with Crippen LogP contribution < -0.4 is 0 Å². The standard InChI is InChI=1S/C38H72N2O2/c1-5-7-9-11-13-15-17-19-21-23-25-27-29-31-33-35-37(41)39(3)40(4)38(42)36-34-32-30-28-26-24-22-20-18-16-14-12-10-8-6-2/h19-22H,5-18,23-36H2,1-4H3/b21-19-,22-20-. The van der Waals surface area contributed by atoms with E-state index in [0.29, 0.717) is 12.8 Å². The van der Waals surface area contributed by atoms with E-state index in [1.54, 1.807) is 14.1 Å². The van der Waals surface area contributed by atoms with Gasteiger partial charge >= 0.3 is 0 Å². The first-order chi connectivity index (χ1) is 20.5. The summed E-state index contributed by atoms with van der Waals surface area (Å²) in [7, 11) is 3.47. The third-order valence-electron chi connectivity index (χ3n) is 8.48. The van der Waals surface area contributed by atoms with E-state index < -0.39 is 0 Å². The Balaban J connectivity index is 3.63. The second-order valence-electron chi connectivity index (χ2n) is 12.5. The Morgan fingerprint density at radius 2 is 0.619 bits per heavy atom. The molecule has 0 aromatic rings.